The number of amides is 3. The predicted octanol–water partition coefficient (Wildman–Crippen LogP) is 3.63. The molecule has 8 nitrogen and oxygen atoms in total. The Balaban J connectivity index is 1.44. The lowest BCUT2D eigenvalue weighted by Crippen LogP contribution is -2.54. The molecule has 2 aliphatic heterocycles. The number of benzene rings is 1. The topological polar surface area (TPSA) is 91.0 Å². The number of para-hydroxylation sites is 1. The van der Waals surface area contributed by atoms with Crippen LogP contribution >= 0.6 is 0 Å². The first kappa shape index (κ1) is 29.1. The highest BCUT2D eigenvalue weighted by molar-refractivity contribution is 5.97. The van der Waals surface area contributed by atoms with Crippen molar-refractivity contribution in [2.24, 2.45) is 17.3 Å². The number of carbonyl (C=O) groups excluding carboxylic acids is 3. The van der Waals surface area contributed by atoms with E-state index in [4.69, 9.17) is 4.74 Å². The number of carbonyl (C=O) groups is 3. The van der Waals surface area contributed by atoms with Crippen molar-refractivity contribution in [3.63, 3.8) is 0 Å². The second-order valence-electron chi connectivity index (χ2n) is 11.9. The average molecular weight is 539 g/mol. The van der Waals surface area contributed by atoms with E-state index >= 15 is 0 Å². The van der Waals surface area contributed by atoms with Crippen LogP contribution < -0.4 is 15.4 Å². The molecule has 1 aliphatic carbocycles. The molecule has 1 spiro atoms. The van der Waals surface area contributed by atoms with Gasteiger partial charge in [-0.25, -0.2) is 0 Å². The van der Waals surface area contributed by atoms with Gasteiger partial charge >= 0.3 is 0 Å². The molecule has 0 unspecified atom stereocenters. The first-order valence-electron chi connectivity index (χ1n) is 14.8. The molecule has 3 amide bonds. The fourth-order valence-electron chi connectivity index (χ4n) is 5.48. The van der Waals surface area contributed by atoms with Gasteiger partial charge in [-0.05, 0) is 75.6 Å². The molecule has 2 N–H and O–H groups in total. The van der Waals surface area contributed by atoms with E-state index in [1.807, 2.05) is 29.2 Å². The van der Waals surface area contributed by atoms with Crippen LogP contribution in [0.5, 0.6) is 5.75 Å². The van der Waals surface area contributed by atoms with Gasteiger partial charge in [-0.15, -0.1) is 0 Å². The Hall–Kier alpha value is -2.87. The minimum atomic E-state index is -0.549. The lowest BCUT2D eigenvalue weighted by atomic mass is 9.74. The fourth-order valence-corrected chi connectivity index (χ4v) is 5.48. The number of fused-ring (bicyclic) bond motifs is 1. The molecule has 3 aliphatic rings. The van der Waals surface area contributed by atoms with Gasteiger partial charge in [-0.3, -0.25) is 19.3 Å². The molecule has 1 saturated carbocycles. The Morgan fingerprint density at radius 3 is 2.59 bits per heavy atom. The molecule has 1 saturated heterocycles. The highest BCUT2D eigenvalue weighted by Gasteiger charge is 2.42. The number of hydrogen-bond acceptors (Lipinski definition) is 5. The molecule has 214 valence electrons. The van der Waals surface area contributed by atoms with E-state index in [0.29, 0.717) is 62.7 Å². The Morgan fingerprint density at radius 1 is 1.15 bits per heavy atom. The van der Waals surface area contributed by atoms with Crippen LogP contribution in [-0.4, -0.2) is 79.4 Å². The van der Waals surface area contributed by atoms with Crippen LogP contribution in [0.15, 0.2) is 36.4 Å². The number of hydrogen-bond donors (Lipinski definition) is 2. The van der Waals surface area contributed by atoms with Crippen LogP contribution in [0.2, 0.25) is 0 Å². The van der Waals surface area contributed by atoms with Crippen LogP contribution in [-0.2, 0) is 9.59 Å². The third-order valence-electron chi connectivity index (χ3n) is 8.40. The normalized spacial score (nSPS) is 23.2. The van der Waals surface area contributed by atoms with Crippen LogP contribution in [0, 0.1) is 17.3 Å². The Labute approximate surface area is 233 Å². The highest BCUT2D eigenvalue weighted by Crippen LogP contribution is 2.37. The number of nitrogens with zero attached hydrogens (tertiary/aromatic N) is 2. The Morgan fingerprint density at radius 2 is 1.90 bits per heavy atom. The molecule has 0 aromatic heterocycles. The molecule has 8 heteroatoms. The van der Waals surface area contributed by atoms with Gasteiger partial charge in [0.2, 0.25) is 11.8 Å². The van der Waals surface area contributed by atoms with Crippen molar-refractivity contribution in [2.45, 2.75) is 65.3 Å². The number of piperidine rings is 1. The van der Waals surface area contributed by atoms with Gasteiger partial charge in [0.25, 0.3) is 5.91 Å². The van der Waals surface area contributed by atoms with Crippen molar-refractivity contribution >= 4 is 17.7 Å². The van der Waals surface area contributed by atoms with Crippen molar-refractivity contribution in [2.75, 3.05) is 45.9 Å². The summed E-state index contributed by atoms with van der Waals surface area (Å²) in [6.07, 6.45) is 9.38. The van der Waals surface area contributed by atoms with Gasteiger partial charge in [0.15, 0.2) is 0 Å². The fraction of sp³-hybridized carbons (Fsp3) is 0.645. The molecular formula is C31H46N4O4. The monoisotopic (exact) mass is 538 g/mol. The maximum atomic E-state index is 13.9. The summed E-state index contributed by atoms with van der Waals surface area (Å²) in [5.74, 6) is 1.44. The number of ether oxygens (including phenoxy) is 1. The van der Waals surface area contributed by atoms with Crippen LogP contribution in [0.4, 0.5) is 0 Å². The van der Waals surface area contributed by atoms with E-state index in [1.54, 1.807) is 12.1 Å². The minimum absolute atomic E-state index is 0.0520. The minimum Gasteiger partial charge on any atom is -0.491 e. The molecule has 2 heterocycles. The SMILES string of the molecule is CCCN(CC1CC1)C(=O)CN1CCC2(C/C=C/CNC(=O)c3ccccc3OC[C@@H](C(C)C)NC2=O)CC1. The van der Waals surface area contributed by atoms with E-state index in [2.05, 4.69) is 36.3 Å². The van der Waals surface area contributed by atoms with Crippen LogP contribution in [0.3, 0.4) is 0 Å². The van der Waals surface area contributed by atoms with Gasteiger partial charge in [-0.2, -0.15) is 0 Å². The highest BCUT2D eigenvalue weighted by atomic mass is 16.5. The van der Waals surface area contributed by atoms with E-state index < -0.39 is 5.41 Å². The van der Waals surface area contributed by atoms with Gasteiger partial charge in [-0.1, -0.05) is 45.1 Å². The maximum absolute atomic E-state index is 13.9. The van der Waals surface area contributed by atoms with Crippen molar-refractivity contribution in [3.8, 4) is 5.75 Å². The van der Waals surface area contributed by atoms with Crippen LogP contribution in [0.1, 0.15) is 69.7 Å². The van der Waals surface area contributed by atoms with E-state index in [1.165, 1.54) is 12.8 Å². The van der Waals surface area contributed by atoms with Crippen molar-refractivity contribution in [1.29, 1.82) is 0 Å². The smallest absolute Gasteiger partial charge is 0.255 e. The summed E-state index contributed by atoms with van der Waals surface area (Å²) in [6.45, 7) is 10.5. The van der Waals surface area contributed by atoms with Gasteiger partial charge in [0, 0.05) is 19.6 Å². The van der Waals surface area contributed by atoms with E-state index in [9.17, 15) is 14.4 Å². The van der Waals surface area contributed by atoms with Crippen molar-refractivity contribution < 1.29 is 19.1 Å². The summed E-state index contributed by atoms with van der Waals surface area (Å²) >= 11 is 0. The van der Waals surface area contributed by atoms with Gasteiger partial charge < -0.3 is 20.3 Å². The first-order chi connectivity index (χ1) is 18.8. The number of allylic oxidation sites excluding steroid dienone is 1. The average Bonchev–Trinajstić information content (AvgIpc) is 3.75. The summed E-state index contributed by atoms with van der Waals surface area (Å²) in [7, 11) is 0. The van der Waals surface area contributed by atoms with E-state index in [-0.39, 0.29) is 36.3 Å². The summed E-state index contributed by atoms with van der Waals surface area (Å²) in [5, 5.41) is 6.24. The second kappa shape index (κ2) is 13.5. The zero-order chi connectivity index (χ0) is 27.8. The third-order valence-corrected chi connectivity index (χ3v) is 8.40. The molecule has 0 radical (unpaired) electrons. The van der Waals surface area contributed by atoms with Crippen molar-refractivity contribution in [1.82, 2.24) is 20.4 Å². The zero-order valence-electron chi connectivity index (χ0n) is 23.9. The van der Waals surface area contributed by atoms with Crippen molar-refractivity contribution in [3.05, 3.63) is 42.0 Å². The van der Waals surface area contributed by atoms with Crippen LogP contribution in [0.25, 0.3) is 0 Å². The molecular weight excluding hydrogens is 492 g/mol. The first-order valence-corrected chi connectivity index (χ1v) is 14.8. The lowest BCUT2D eigenvalue weighted by Gasteiger charge is -2.41. The standard InChI is InChI=1S/C31H46N4O4/c1-4-17-35(20-24-11-12-24)28(36)21-34-18-14-31(15-19-34)13-7-8-16-32-29(37)25-9-5-6-10-27(25)39-22-26(23(2)3)33-30(31)38/h5-10,23-24,26H,4,11-22H2,1-3H3,(H,32,37)(H,33,38)/b8-7+/t26-/m0/s1. The molecule has 1 atom stereocenters. The molecule has 4 rings (SSSR count). The maximum Gasteiger partial charge on any atom is 0.255 e. The second-order valence-corrected chi connectivity index (χ2v) is 11.9. The molecule has 2 fully saturated rings. The quantitative estimate of drug-likeness (QED) is 0.518. The zero-order valence-corrected chi connectivity index (χ0v) is 23.9. The third kappa shape index (κ3) is 7.84. The number of likely N-dealkylation sites (tertiary alicyclic amines) is 1. The Bertz CT molecular complexity index is 1030. The predicted molar refractivity (Wildman–Crippen MR) is 152 cm³/mol. The molecule has 1 aromatic rings. The summed E-state index contributed by atoms with van der Waals surface area (Å²) < 4.78 is 6.09. The van der Waals surface area contributed by atoms with E-state index in [0.717, 1.165) is 19.5 Å². The molecule has 0 bridgehead atoms. The summed E-state index contributed by atoms with van der Waals surface area (Å²) in [5.41, 5.74) is -0.0587. The lowest BCUT2D eigenvalue weighted by molar-refractivity contribution is -0.137. The molecule has 1 aromatic carbocycles. The number of rotatable bonds is 7. The number of nitrogens with one attached hydrogen (secondary N) is 2. The Kier molecular flexibility index (Phi) is 10.1. The largest absolute Gasteiger partial charge is 0.491 e. The van der Waals surface area contributed by atoms with Gasteiger partial charge in [0.05, 0.1) is 23.6 Å². The summed E-state index contributed by atoms with van der Waals surface area (Å²) in [6, 6.07) is 7.02. The van der Waals surface area contributed by atoms with Gasteiger partial charge in [0.1, 0.15) is 12.4 Å². The summed E-state index contributed by atoms with van der Waals surface area (Å²) in [4.78, 5) is 44.0. The molecule has 39 heavy (non-hydrogen) atoms.